The molecule has 8 aromatic carbocycles. The van der Waals surface area contributed by atoms with Crippen molar-refractivity contribution in [3.05, 3.63) is 224 Å². The molecule has 0 radical (unpaired) electrons. The zero-order chi connectivity index (χ0) is 82.7. The van der Waals surface area contributed by atoms with Crippen LogP contribution in [0.5, 0.6) is 23.0 Å². The van der Waals surface area contributed by atoms with Gasteiger partial charge in [-0.05, 0) is 225 Å². The summed E-state index contributed by atoms with van der Waals surface area (Å²) in [5, 5.41) is 35.3. The molecule has 0 saturated heterocycles. The van der Waals surface area contributed by atoms with E-state index in [1.807, 2.05) is 69.3 Å². The van der Waals surface area contributed by atoms with E-state index in [0.717, 1.165) is 68.1 Å². The van der Waals surface area contributed by atoms with Gasteiger partial charge in [0.05, 0.1) is 48.7 Å². The van der Waals surface area contributed by atoms with Crippen LogP contribution < -0.4 is 40.9 Å². The van der Waals surface area contributed by atoms with Gasteiger partial charge in [0.25, 0.3) is 23.6 Å². The Balaban J connectivity index is 0.000000177. The molecule has 34 heteroatoms. The van der Waals surface area contributed by atoms with Gasteiger partial charge in [0.15, 0.2) is 0 Å². The Morgan fingerprint density at radius 3 is 1.04 bits per heavy atom. The van der Waals surface area contributed by atoms with E-state index in [2.05, 4.69) is 0 Å². The van der Waals surface area contributed by atoms with Gasteiger partial charge in [-0.2, -0.15) is 17.2 Å². The van der Waals surface area contributed by atoms with Gasteiger partial charge in [0.1, 0.15) is 34.6 Å². The number of carbonyl (C=O) groups is 4. The van der Waals surface area contributed by atoms with Crippen LogP contribution in [0.1, 0.15) is 146 Å². The molecular formula is C80H94F2N8O20S4. The van der Waals surface area contributed by atoms with Gasteiger partial charge in [0.2, 0.25) is 40.1 Å². The zero-order valence-corrected chi connectivity index (χ0v) is 67.2. The standard InChI is InChI=1S/C26H28N2O6S.C24H23FN2O5S.C16H24N2O5S.C14H19FN2O4S/c1-3-34-25-16-21(26(29)27-30)15-20-5-4-14-28(17-24(20)25)35(31,32)23-12-8-19(9-13-23)18-6-10-22(33-2)11-7-18;1-32-20-6-2-16(3-7-20)17-4-8-21(9-5-17)33(30,31)27-12-10-18-14-19(24(28)26-29)15-23(25)22(18)11-13-27;1-3-8-24(21,22)18-7-5-6-12-9-13(16(19)17-20)10-15(23-4-2)14(12)11-18;1-2-6-22(20,21)17-5-3-4-10-7-11(14(18)16-19)8-13(15)12(10)9-17/h6-13,15-16,30H,3-5,14,17H2,1-2H3,(H,27,29);2-9,14-15,29H,10-13H2,1H3,(H,26,28);9-10,20H,3-8,11H2,1-2H3,(H,17,19);7-8,19H,2-6,9H2,1H3,(H,16,18). The molecule has 0 aliphatic carbocycles. The van der Waals surface area contributed by atoms with Crippen LogP contribution in [-0.4, -0.2) is 167 Å². The summed E-state index contributed by atoms with van der Waals surface area (Å²) in [5.74, 6) is -1.49. The summed E-state index contributed by atoms with van der Waals surface area (Å²) in [6, 6.07) is 40.0. The third kappa shape index (κ3) is 21.6. The lowest BCUT2D eigenvalue weighted by molar-refractivity contribution is 0.0701. The van der Waals surface area contributed by atoms with Crippen LogP contribution in [0, 0.1) is 11.6 Å². The van der Waals surface area contributed by atoms with Crippen molar-refractivity contribution in [2.24, 2.45) is 0 Å². The number of amides is 4. The fourth-order valence-corrected chi connectivity index (χ4v) is 19.7. The fraction of sp³-hybridized carbons (Fsp3) is 0.350. The van der Waals surface area contributed by atoms with E-state index < -0.39 is 75.4 Å². The molecule has 8 aromatic rings. The molecule has 612 valence electrons. The van der Waals surface area contributed by atoms with Crippen LogP contribution in [0.25, 0.3) is 22.3 Å². The Morgan fingerprint density at radius 2 is 0.684 bits per heavy atom. The molecule has 0 saturated carbocycles. The SMILES string of the molecule is CCCS(=O)(=O)N1CCCc2cc(C(=O)NO)cc(F)c2C1.CCCS(=O)(=O)N1CCCc2cc(C(=O)NO)cc(OCC)c2C1.CCOc1cc(C(=O)NO)cc2c1CN(S(=O)(=O)c1ccc(-c3ccc(OC)cc3)cc1)CCC2.COc1ccc(-c2ccc(S(=O)(=O)N3CCc4cc(C(=O)NO)cc(F)c4CC3)cc2)cc1. The minimum absolute atomic E-state index is 0.0147. The van der Waals surface area contributed by atoms with Gasteiger partial charge in [-0.1, -0.05) is 62.4 Å². The molecule has 4 amide bonds. The van der Waals surface area contributed by atoms with E-state index >= 15 is 0 Å². The summed E-state index contributed by atoms with van der Waals surface area (Å²) in [4.78, 5) is 47.2. The lowest BCUT2D eigenvalue weighted by atomic mass is 9.99. The topological polar surface area (TPSA) is 384 Å². The lowest BCUT2D eigenvalue weighted by Gasteiger charge is -2.22. The van der Waals surface area contributed by atoms with Crippen molar-refractivity contribution in [2.45, 2.75) is 121 Å². The maximum atomic E-state index is 14.6. The first-order valence-electron chi connectivity index (χ1n) is 36.9. The monoisotopic (exact) mass is 1650 g/mol. The summed E-state index contributed by atoms with van der Waals surface area (Å²) in [7, 11) is -11.0. The quantitative estimate of drug-likeness (QED) is 0.0231. The molecule has 28 nitrogen and oxygen atoms in total. The second kappa shape index (κ2) is 40.0. The number of nitrogens with zero attached hydrogens (tertiary/aromatic N) is 4. The van der Waals surface area contributed by atoms with Crippen molar-refractivity contribution >= 4 is 63.7 Å². The molecule has 0 bridgehead atoms. The Morgan fingerprint density at radius 1 is 0.377 bits per heavy atom. The van der Waals surface area contributed by atoms with Crippen LogP contribution in [0.15, 0.2) is 155 Å². The second-order valence-corrected chi connectivity index (χ2v) is 35.0. The number of rotatable bonds is 22. The first-order chi connectivity index (χ1) is 54.5. The van der Waals surface area contributed by atoms with E-state index in [1.165, 1.54) is 46.4 Å². The highest BCUT2D eigenvalue weighted by atomic mass is 32.2. The van der Waals surface area contributed by atoms with E-state index in [0.29, 0.717) is 124 Å². The number of hydrogen-bond acceptors (Lipinski definition) is 20. The summed E-state index contributed by atoms with van der Waals surface area (Å²) >= 11 is 0. The Kier molecular flexibility index (Phi) is 30.9. The third-order valence-corrected chi connectivity index (χ3v) is 27.4. The highest BCUT2D eigenvalue weighted by molar-refractivity contribution is 7.90. The molecule has 4 aliphatic rings. The molecule has 0 spiro atoms. The Labute approximate surface area is 662 Å². The van der Waals surface area contributed by atoms with Gasteiger partial charge in [-0.25, -0.2) is 64.4 Å². The molecule has 114 heavy (non-hydrogen) atoms. The number of ether oxygens (including phenoxy) is 4. The second-order valence-electron chi connectivity index (χ2n) is 26.9. The summed E-state index contributed by atoms with van der Waals surface area (Å²) < 4.78 is 159. The highest BCUT2D eigenvalue weighted by Gasteiger charge is 2.34. The molecule has 0 unspecified atom stereocenters. The zero-order valence-electron chi connectivity index (χ0n) is 63.9. The maximum Gasteiger partial charge on any atom is 0.274 e. The van der Waals surface area contributed by atoms with Crippen LogP contribution in [0.4, 0.5) is 8.78 Å². The molecule has 12 rings (SSSR count). The predicted octanol–water partition coefficient (Wildman–Crippen LogP) is 10.6. The minimum atomic E-state index is -3.79. The third-order valence-electron chi connectivity index (χ3n) is 19.6. The van der Waals surface area contributed by atoms with Gasteiger partial charge >= 0.3 is 0 Å². The van der Waals surface area contributed by atoms with E-state index in [-0.39, 0.29) is 83.6 Å². The summed E-state index contributed by atoms with van der Waals surface area (Å²) in [6.45, 7) is 9.78. The highest BCUT2D eigenvalue weighted by Crippen LogP contribution is 2.36. The van der Waals surface area contributed by atoms with Crippen LogP contribution in [0.2, 0.25) is 0 Å². The van der Waals surface area contributed by atoms with Crippen LogP contribution in [-0.2, 0) is 91.8 Å². The normalized spacial score (nSPS) is 14.8. The largest absolute Gasteiger partial charge is 0.497 e. The number of fused-ring (bicyclic) bond motifs is 4. The van der Waals surface area contributed by atoms with Crippen molar-refractivity contribution in [1.82, 2.24) is 39.1 Å². The van der Waals surface area contributed by atoms with Gasteiger partial charge in [-0.3, -0.25) is 40.0 Å². The van der Waals surface area contributed by atoms with E-state index in [4.69, 9.17) is 39.8 Å². The average Bonchev–Trinajstić information content (AvgIpc) is 1.43. The molecule has 4 heterocycles. The maximum absolute atomic E-state index is 14.6. The summed E-state index contributed by atoms with van der Waals surface area (Å²) in [6.07, 6.45) is 5.05. The fourth-order valence-electron chi connectivity index (χ4n) is 13.7. The van der Waals surface area contributed by atoms with E-state index in [1.54, 1.807) is 98.8 Å². The van der Waals surface area contributed by atoms with Crippen molar-refractivity contribution in [1.29, 1.82) is 0 Å². The molecule has 0 atom stereocenters. The molecule has 4 aliphatic heterocycles. The number of sulfonamides is 4. The number of aryl methyl sites for hydroxylation is 3. The molecule has 8 N–H and O–H groups in total. The Bertz CT molecular complexity index is 5220. The number of hydrogen-bond donors (Lipinski definition) is 8. The van der Waals surface area contributed by atoms with Crippen molar-refractivity contribution in [3.63, 3.8) is 0 Å². The van der Waals surface area contributed by atoms with Crippen LogP contribution in [0.3, 0.4) is 0 Å². The van der Waals surface area contributed by atoms with Crippen LogP contribution >= 0.6 is 0 Å². The average molecular weight is 1650 g/mol. The van der Waals surface area contributed by atoms with Crippen molar-refractivity contribution < 1.29 is 101 Å². The predicted molar refractivity (Wildman–Crippen MR) is 420 cm³/mol. The molecule has 0 fully saturated rings. The Hall–Kier alpha value is -9.82. The first kappa shape index (κ1) is 88.1. The van der Waals surface area contributed by atoms with Crippen molar-refractivity contribution in [2.75, 3.05) is 71.7 Å². The molecular weight excluding hydrogens is 1560 g/mol. The number of hydroxylamine groups is 4. The number of halogens is 2. The van der Waals surface area contributed by atoms with Crippen molar-refractivity contribution in [3.8, 4) is 45.3 Å². The molecule has 0 aromatic heterocycles. The minimum Gasteiger partial charge on any atom is -0.497 e. The number of nitrogens with one attached hydrogen (secondary N) is 4. The van der Waals surface area contributed by atoms with Gasteiger partial charge < -0.3 is 18.9 Å². The van der Waals surface area contributed by atoms with E-state index in [9.17, 15) is 61.6 Å². The summed E-state index contributed by atoms with van der Waals surface area (Å²) in [5.41, 5.74) is 15.5. The van der Waals surface area contributed by atoms with Gasteiger partial charge in [-0.15, -0.1) is 0 Å². The van der Waals surface area contributed by atoms with Gasteiger partial charge in [0, 0.05) is 91.3 Å². The number of carbonyl (C=O) groups excluding carboxylic acids is 4. The first-order valence-corrected chi connectivity index (χ1v) is 43.0. The lowest BCUT2D eigenvalue weighted by Crippen LogP contribution is -2.33. The smallest absolute Gasteiger partial charge is 0.274 e. The number of benzene rings is 8. The number of methoxy groups -OCH3 is 2.